The van der Waals surface area contributed by atoms with Gasteiger partial charge in [-0.1, -0.05) is 0 Å². The Kier molecular flexibility index (Phi) is 7.51. The number of hydrogen-bond donors (Lipinski definition) is 3. The van der Waals surface area contributed by atoms with Crippen LogP contribution in [0.5, 0.6) is 0 Å². The molecular weight excluding hydrogens is 641 g/mol. The Bertz CT molecular complexity index is 2670. The van der Waals surface area contributed by atoms with E-state index in [0.29, 0.717) is 0 Å². The first-order valence-electron chi connectivity index (χ1n) is 17.4. The first kappa shape index (κ1) is 31.2. The van der Waals surface area contributed by atoms with Gasteiger partial charge in [0.15, 0.2) is 37.2 Å². The van der Waals surface area contributed by atoms with Gasteiger partial charge in [-0.25, -0.2) is 18.7 Å². The maximum Gasteiger partial charge on any atom is 0.169 e. The summed E-state index contributed by atoms with van der Waals surface area (Å²) in [5, 5.41) is 2.00. The molecule has 0 saturated carbocycles. The Morgan fingerprint density at radius 1 is 0.462 bits per heavy atom. The van der Waals surface area contributed by atoms with Crippen LogP contribution in [-0.4, -0.2) is 32.6 Å². The molecule has 0 saturated heterocycles. The number of allylic oxidation sites excluding steroid dienone is 5. The highest BCUT2D eigenvalue weighted by molar-refractivity contribution is 6.30. The smallest absolute Gasteiger partial charge is 0.169 e. The molecule has 9 rings (SSSR count). The Morgan fingerprint density at radius 2 is 0.904 bits per heavy atom. The van der Waals surface area contributed by atoms with E-state index in [1.54, 1.807) is 0 Å². The molecule has 0 aromatic carbocycles. The molecule has 8 bridgehead atoms. The van der Waals surface area contributed by atoms with Crippen LogP contribution in [0.4, 0.5) is 0 Å². The van der Waals surface area contributed by atoms with Crippen molar-refractivity contribution in [3.63, 3.8) is 0 Å². The number of aromatic amines is 3. The van der Waals surface area contributed by atoms with E-state index >= 15 is 0 Å². The highest BCUT2D eigenvalue weighted by atomic mass is 15.0. The molecule has 9 heterocycles. The fourth-order valence-electron chi connectivity index (χ4n) is 7.17. The highest BCUT2D eigenvalue weighted by Crippen LogP contribution is 2.35. The number of pyridine rings is 3. The summed E-state index contributed by atoms with van der Waals surface area (Å²) in [7, 11) is 8.16. The van der Waals surface area contributed by atoms with Crippen LogP contribution in [-0.2, 0) is 21.1 Å². The van der Waals surface area contributed by atoms with Crippen LogP contribution in [0.25, 0.3) is 22.3 Å². The van der Waals surface area contributed by atoms with E-state index in [0.717, 1.165) is 89.4 Å². The van der Waals surface area contributed by atoms with E-state index in [2.05, 4.69) is 180 Å². The van der Waals surface area contributed by atoms with Crippen molar-refractivity contribution in [3.8, 4) is 0 Å². The van der Waals surface area contributed by atoms with E-state index in [9.17, 15) is 0 Å². The second-order valence-corrected chi connectivity index (χ2v) is 13.6. The SMILES string of the molecule is CN1C=CC(=C2c3ccc([nH]3)C(c3cc[n+](C)cc3)=C3C=CC(=N3)C(c3cc[n+](C)cc3)=c3ccc([nH]3)=C(c3cc[n+](C)cc3)c3ccc2[nH]3)C=C1. The van der Waals surface area contributed by atoms with Gasteiger partial charge in [-0.05, 0) is 83.0 Å². The first-order chi connectivity index (χ1) is 25.4. The van der Waals surface area contributed by atoms with Crippen molar-refractivity contribution in [2.24, 2.45) is 26.1 Å². The third-order valence-electron chi connectivity index (χ3n) is 9.89. The molecule has 0 fully saturated rings. The number of aryl methyl sites for hydroxylation is 3. The van der Waals surface area contributed by atoms with Crippen LogP contribution in [0.15, 0.2) is 163 Å². The molecule has 8 nitrogen and oxygen atoms in total. The average Bonchev–Trinajstić information content (AvgIpc) is 3.99. The lowest BCUT2D eigenvalue weighted by molar-refractivity contribution is -0.671. The fourth-order valence-corrected chi connectivity index (χ4v) is 7.17. The minimum Gasteiger partial charge on any atom is -0.357 e. The van der Waals surface area contributed by atoms with Gasteiger partial charge in [-0.2, -0.15) is 0 Å². The molecule has 6 aromatic heterocycles. The van der Waals surface area contributed by atoms with Crippen molar-refractivity contribution >= 4 is 28.0 Å². The summed E-state index contributed by atoms with van der Waals surface area (Å²) in [6, 6.07) is 26.1. The molecule has 0 amide bonds. The molecule has 0 unspecified atom stereocenters. The third kappa shape index (κ3) is 5.60. The van der Waals surface area contributed by atoms with E-state index in [1.807, 2.05) is 28.2 Å². The number of H-pyrrole nitrogens is 3. The quantitative estimate of drug-likeness (QED) is 0.242. The van der Waals surface area contributed by atoms with Gasteiger partial charge >= 0.3 is 0 Å². The molecule has 6 aromatic rings. The zero-order chi connectivity index (χ0) is 35.3. The standard InChI is InChI=1S/C44H38N8/c1-49-21-13-29(14-22-49)41-33-5-7-35(45-33)42(30-15-23-50(2)24-16-30)37-9-11-39(47-37)44(32-19-27-52(4)28-20-32)40-12-10-38(48-40)43(36-8-6-34(41)46-36)31-17-25-51(3)26-18-31/h5-28H,1-4H3,(H2,45,46,47,48)/q+2/p+1. The van der Waals surface area contributed by atoms with Gasteiger partial charge in [0, 0.05) is 112 Å². The molecule has 0 aliphatic carbocycles. The Balaban J connectivity index is 1.40. The predicted octanol–water partition coefficient (Wildman–Crippen LogP) is 4.15. The maximum atomic E-state index is 5.40. The topological polar surface area (TPSA) is 74.6 Å². The van der Waals surface area contributed by atoms with Crippen molar-refractivity contribution in [2.75, 3.05) is 7.05 Å². The zero-order valence-corrected chi connectivity index (χ0v) is 29.6. The van der Waals surface area contributed by atoms with E-state index < -0.39 is 0 Å². The van der Waals surface area contributed by atoms with Crippen molar-refractivity contribution in [1.82, 2.24) is 19.9 Å². The molecule has 3 aliphatic rings. The summed E-state index contributed by atoms with van der Waals surface area (Å²) < 4.78 is 6.17. The number of rotatable bonds is 3. The maximum absolute atomic E-state index is 5.40. The molecule has 52 heavy (non-hydrogen) atoms. The molecular formula is C44H39N8+3. The van der Waals surface area contributed by atoms with Crippen molar-refractivity contribution in [1.29, 1.82) is 0 Å². The average molecular weight is 680 g/mol. The van der Waals surface area contributed by atoms with Gasteiger partial charge in [0.2, 0.25) is 0 Å². The van der Waals surface area contributed by atoms with E-state index in [-0.39, 0.29) is 0 Å². The molecule has 3 aliphatic heterocycles. The molecule has 252 valence electrons. The van der Waals surface area contributed by atoms with Crippen LogP contribution in [0, 0.1) is 0 Å². The van der Waals surface area contributed by atoms with E-state index in [4.69, 9.17) is 4.99 Å². The van der Waals surface area contributed by atoms with Crippen LogP contribution in [0.2, 0.25) is 0 Å². The lowest BCUT2D eigenvalue weighted by Gasteiger charge is -2.16. The van der Waals surface area contributed by atoms with Gasteiger partial charge in [0.1, 0.15) is 21.1 Å². The Hall–Kier alpha value is -6.80. The third-order valence-corrected chi connectivity index (χ3v) is 9.89. The Morgan fingerprint density at radius 3 is 1.44 bits per heavy atom. The predicted molar refractivity (Wildman–Crippen MR) is 203 cm³/mol. The molecule has 0 spiro atoms. The van der Waals surface area contributed by atoms with Gasteiger partial charge in [0.05, 0.1) is 11.4 Å². The summed E-state index contributed by atoms with van der Waals surface area (Å²) in [5.41, 5.74) is 14.4. The van der Waals surface area contributed by atoms with Crippen LogP contribution in [0.1, 0.15) is 39.5 Å². The normalized spacial score (nSPS) is 15.3. The van der Waals surface area contributed by atoms with Crippen LogP contribution < -0.4 is 24.4 Å². The summed E-state index contributed by atoms with van der Waals surface area (Å²) in [5.74, 6) is 0. The van der Waals surface area contributed by atoms with Gasteiger partial charge in [-0.15, -0.1) is 0 Å². The molecule has 0 atom stereocenters. The summed E-state index contributed by atoms with van der Waals surface area (Å²) >= 11 is 0. The Labute approximate surface area is 302 Å². The van der Waals surface area contributed by atoms with Crippen LogP contribution in [0.3, 0.4) is 0 Å². The molecule has 3 N–H and O–H groups in total. The van der Waals surface area contributed by atoms with Crippen molar-refractivity contribution in [2.45, 2.75) is 0 Å². The largest absolute Gasteiger partial charge is 0.357 e. The summed E-state index contributed by atoms with van der Waals surface area (Å²) in [6.45, 7) is 0. The fraction of sp³-hybridized carbons (Fsp3) is 0.0909. The van der Waals surface area contributed by atoms with Crippen LogP contribution >= 0.6 is 0 Å². The van der Waals surface area contributed by atoms with Gasteiger partial charge < -0.3 is 19.9 Å². The number of nitrogens with zero attached hydrogens (tertiary/aromatic N) is 5. The van der Waals surface area contributed by atoms with E-state index in [1.165, 1.54) is 0 Å². The molecule has 0 radical (unpaired) electrons. The molecule has 8 heteroatoms. The number of hydrogen-bond acceptors (Lipinski definition) is 2. The number of fused-ring (bicyclic) bond motifs is 7. The van der Waals surface area contributed by atoms with Crippen molar-refractivity contribution in [3.05, 3.63) is 208 Å². The van der Waals surface area contributed by atoms with Crippen molar-refractivity contribution < 1.29 is 13.7 Å². The lowest BCUT2D eigenvalue weighted by Crippen LogP contribution is -2.27. The second-order valence-electron chi connectivity index (χ2n) is 13.6. The number of aromatic nitrogens is 6. The number of aliphatic imine (C=N–C) groups is 1. The highest BCUT2D eigenvalue weighted by Gasteiger charge is 2.23. The van der Waals surface area contributed by atoms with Gasteiger partial charge in [0.25, 0.3) is 0 Å². The van der Waals surface area contributed by atoms with Gasteiger partial charge in [-0.3, -0.25) is 0 Å². The number of nitrogens with one attached hydrogen (secondary N) is 3. The summed E-state index contributed by atoms with van der Waals surface area (Å²) in [4.78, 5) is 19.0. The minimum atomic E-state index is 0.898. The zero-order valence-electron chi connectivity index (χ0n) is 29.6. The monoisotopic (exact) mass is 679 g/mol. The summed E-state index contributed by atoms with van der Waals surface area (Å²) in [6.07, 6.45) is 25.3. The lowest BCUT2D eigenvalue weighted by atomic mass is 10.0. The minimum absolute atomic E-state index is 0.898. The second kappa shape index (κ2) is 12.5. The first-order valence-corrected chi connectivity index (χ1v) is 17.4.